The fourth-order valence-electron chi connectivity index (χ4n) is 8.44. The van der Waals surface area contributed by atoms with Crippen LogP contribution < -0.4 is 28.4 Å². The number of benzene rings is 3. The number of hydrogen-bond donors (Lipinski definition) is 0. The largest absolute Gasteiger partial charge is 0.490 e. The summed E-state index contributed by atoms with van der Waals surface area (Å²) in [5, 5.41) is 0. The predicted molar refractivity (Wildman–Crippen MR) is 239 cm³/mol. The molecule has 64 heavy (non-hydrogen) atoms. The van der Waals surface area contributed by atoms with E-state index in [-0.39, 0.29) is 47.6 Å². The molecule has 13 heteroatoms. The minimum atomic E-state index is -0.583. The number of rotatable bonds is 24. The standard InChI is InChI=1S/C51H68O13/c1-34-20-38(22-42(59-19-11-18-50(7)26-54-27-50)44(34)61-33-58-30-51(8)28-55-29-51)46(52)63-40-12-13-41(37(4)36(40)3)64-47(53)39-21-35(2)45(62-32-57-25-49(6)16-10-17-49)43(23-39)60-31-56-24-48(5)14-9-15-48/h12-13,20-23H,9-11,14-19,24-33H2,1-8H3. The predicted octanol–water partition coefficient (Wildman–Crippen LogP) is 10.0. The molecule has 7 rings (SSSR count). The summed E-state index contributed by atoms with van der Waals surface area (Å²) >= 11 is 0. The summed E-state index contributed by atoms with van der Waals surface area (Å²) < 4.78 is 64.9. The van der Waals surface area contributed by atoms with Gasteiger partial charge in [-0.25, -0.2) is 9.59 Å². The zero-order valence-electron chi connectivity index (χ0n) is 39.2. The molecule has 2 saturated carbocycles. The van der Waals surface area contributed by atoms with E-state index in [1.165, 1.54) is 12.8 Å². The highest BCUT2D eigenvalue weighted by atomic mass is 16.7. The Morgan fingerprint density at radius 3 is 1.36 bits per heavy atom. The van der Waals surface area contributed by atoms with Gasteiger partial charge in [-0.3, -0.25) is 0 Å². The van der Waals surface area contributed by atoms with Crippen molar-refractivity contribution in [2.24, 2.45) is 21.7 Å². The number of carbonyl (C=O) groups excluding carboxylic acids is 2. The Balaban J connectivity index is 1.00. The Morgan fingerprint density at radius 1 is 0.531 bits per heavy atom. The molecule has 4 aliphatic rings. The third kappa shape index (κ3) is 11.9. The molecule has 3 aromatic carbocycles. The van der Waals surface area contributed by atoms with E-state index in [9.17, 15) is 9.59 Å². The molecule has 4 fully saturated rings. The van der Waals surface area contributed by atoms with Gasteiger partial charge in [-0.15, -0.1) is 0 Å². The second kappa shape index (κ2) is 20.4. The lowest BCUT2D eigenvalue weighted by Gasteiger charge is -2.38. The van der Waals surface area contributed by atoms with E-state index in [1.54, 1.807) is 36.4 Å². The van der Waals surface area contributed by atoms with E-state index in [4.69, 9.17) is 52.1 Å². The molecule has 350 valence electrons. The molecule has 3 aromatic rings. The van der Waals surface area contributed by atoms with E-state index >= 15 is 0 Å². The SMILES string of the molecule is Cc1cc(C(=O)Oc2ccc(OC(=O)c3cc(C)c(OCOCC4(C)CCC4)c(OCOCC4(C)CCC4)c3)c(C)c2C)cc(OCCCC2(C)COC2)c1OCOCC1(C)COC1. The third-order valence-electron chi connectivity index (χ3n) is 13.4. The van der Waals surface area contributed by atoms with Gasteiger partial charge in [-0.05, 0) is 136 Å². The Kier molecular flexibility index (Phi) is 15.2. The summed E-state index contributed by atoms with van der Waals surface area (Å²) in [7, 11) is 0. The summed E-state index contributed by atoms with van der Waals surface area (Å²) in [5.74, 6) is 1.29. The van der Waals surface area contributed by atoms with Gasteiger partial charge in [0.05, 0.1) is 64.0 Å². The zero-order valence-corrected chi connectivity index (χ0v) is 39.2. The van der Waals surface area contributed by atoms with Crippen molar-refractivity contribution in [3.8, 4) is 34.5 Å². The van der Waals surface area contributed by atoms with Crippen LogP contribution in [0.25, 0.3) is 0 Å². The molecule has 0 aromatic heterocycles. The topological polar surface area (TPSA) is 136 Å². The normalized spacial score (nSPS) is 18.6. The average Bonchev–Trinajstić information content (AvgIpc) is 3.22. The number of ether oxygens (including phenoxy) is 11. The summed E-state index contributed by atoms with van der Waals surface area (Å²) in [6.07, 6.45) is 8.75. The summed E-state index contributed by atoms with van der Waals surface area (Å²) in [6, 6.07) is 9.95. The van der Waals surface area contributed by atoms with E-state index < -0.39 is 11.9 Å². The Morgan fingerprint density at radius 2 is 0.953 bits per heavy atom. The van der Waals surface area contributed by atoms with Crippen molar-refractivity contribution in [2.45, 2.75) is 107 Å². The third-order valence-corrected chi connectivity index (χ3v) is 13.4. The molecule has 0 amide bonds. The van der Waals surface area contributed by atoms with Gasteiger partial charge < -0.3 is 52.1 Å². The van der Waals surface area contributed by atoms with Crippen LogP contribution in [0.1, 0.15) is 122 Å². The van der Waals surface area contributed by atoms with Crippen LogP contribution >= 0.6 is 0 Å². The zero-order chi connectivity index (χ0) is 45.5. The van der Waals surface area contributed by atoms with Crippen molar-refractivity contribution in [2.75, 3.05) is 73.2 Å². The summed E-state index contributed by atoms with van der Waals surface area (Å²) in [6.45, 7) is 21.2. The number of hydrogen-bond acceptors (Lipinski definition) is 13. The van der Waals surface area contributed by atoms with Crippen LogP contribution in [0, 0.1) is 49.4 Å². The van der Waals surface area contributed by atoms with Gasteiger partial charge in [0.15, 0.2) is 43.4 Å². The maximum Gasteiger partial charge on any atom is 0.343 e. The number of aryl methyl sites for hydroxylation is 2. The first-order valence-electron chi connectivity index (χ1n) is 22.8. The first-order valence-corrected chi connectivity index (χ1v) is 22.8. The lowest BCUT2D eigenvalue weighted by atomic mass is 9.71. The Hall–Kier alpha value is -4.40. The second-order valence-electron chi connectivity index (χ2n) is 20.1. The van der Waals surface area contributed by atoms with Crippen molar-refractivity contribution < 1.29 is 61.7 Å². The lowest BCUT2D eigenvalue weighted by molar-refractivity contribution is -0.151. The molecule has 0 radical (unpaired) electrons. The average molecular weight is 889 g/mol. The molecule has 2 saturated heterocycles. The molecule has 2 aliphatic heterocycles. The van der Waals surface area contributed by atoms with Gasteiger partial charge in [0.25, 0.3) is 0 Å². The molecule has 0 spiro atoms. The highest BCUT2D eigenvalue weighted by molar-refractivity contribution is 5.93. The minimum absolute atomic E-state index is 0.00782. The van der Waals surface area contributed by atoms with Crippen molar-refractivity contribution in [3.05, 3.63) is 69.8 Å². The van der Waals surface area contributed by atoms with Crippen LogP contribution in [0.3, 0.4) is 0 Å². The van der Waals surface area contributed by atoms with Crippen LogP contribution in [0.2, 0.25) is 0 Å². The van der Waals surface area contributed by atoms with Crippen molar-refractivity contribution >= 4 is 11.9 Å². The fourth-order valence-corrected chi connectivity index (χ4v) is 8.44. The van der Waals surface area contributed by atoms with Crippen LogP contribution in [0.4, 0.5) is 0 Å². The first kappa shape index (κ1) is 47.6. The molecule has 13 nitrogen and oxygen atoms in total. The van der Waals surface area contributed by atoms with Crippen LogP contribution in [-0.2, 0) is 23.7 Å². The van der Waals surface area contributed by atoms with Gasteiger partial charge in [0, 0.05) is 10.8 Å². The van der Waals surface area contributed by atoms with Gasteiger partial charge >= 0.3 is 11.9 Å². The van der Waals surface area contributed by atoms with Gasteiger partial charge in [-0.2, -0.15) is 0 Å². The van der Waals surface area contributed by atoms with Crippen molar-refractivity contribution in [3.63, 3.8) is 0 Å². The van der Waals surface area contributed by atoms with E-state index in [0.29, 0.717) is 102 Å². The molecule has 2 aliphatic carbocycles. The van der Waals surface area contributed by atoms with E-state index in [2.05, 4.69) is 27.7 Å². The highest BCUT2D eigenvalue weighted by Gasteiger charge is 2.35. The molecule has 2 heterocycles. The number of esters is 2. The van der Waals surface area contributed by atoms with E-state index in [1.807, 2.05) is 27.7 Å². The highest BCUT2D eigenvalue weighted by Crippen LogP contribution is 2.42. The van der Waals surface area contributed by atoms with Crippen molar-refractivity contribution in [1.29, 1.82) is 0 Å². The summed E-state index contributed by atoms with van der Waals surface area (Å²) in [4.78, 5) is 27.5. The van der Waals surface area contributed by atoms with Gasteiger partial charge in [0.2, 0.25) is 0 Å². The van der Waals surface area contributed by atoms with E-state index in [0.717, 1.165) is 51.7 Å². The molecule has 0 N–H and O–H groups in total. The van der Waals surface area contributed by atoms with Gasteiger partial charge in [0.1, 0.15) is 11.5 Å². The molecular formula is C51H68O13. The maximum absolute atomic E-state index is 13.8. The Labute approximate surface area is 378 Å². The minimum Gasteiger partial charge on any atom is -0.490 e. The number of carbonyl (C=O) groups is 2. The van der Waals surface area contributed by atoms with Gasteiger partial charge in [-0.1, -0.05) is 40.5 Å². The fraction of sp³-hybridized carbons (Fsp3) is 0.608. The second-order valence-corrected chi connectivity index (χ2v) is 20.1. The maximum atomic E-state index is 13.8. The quantitative estimate of drug-likeness (QED) is 0.0366. The molecule has 0 bridgehead atoms. The van der Waals surface area contributed by atoms with Crippen molar-refractivity contribution in [1.82, 2.24) is 0 Å². The van der Waals surface area contributed by atoms with Crippen LogP contribution in [0.15, 0.2) is 36.4 Å². The molecule has 0 atom stereocenters. The monoisotopic (exact) mass is 888 g/mol. The molecule has 0 unspecified atom stereocenters. The summed E-state index contributed by atoms with van der Waals surface area (Å²) in [5.41, 5.74) is 3.75. The lowest BCUT2D eigenvalue weighted by Crippen LogP contribution is -2.43. The smallest absolute Gasteiger partial charge is 0.343 e. The molecular weight excluding hydrogens is 821 g/mol. The van der Waals surface area contributed by atoms with Crippen LogP contribution in [0.5, 0.6) is 34.5 Å². The Bertz CT molecular complexity index is 1960. The first-order chi connectivity index (χ1) is 30.6. The van der Waals surface area contributed by atoms with Crippen LogP contribution in [-0.4, -0.2) is 85.2 Å².